The maximum atomic E-state index is 12.8. The van der Waals surface area contributed by atoms with Crippen molar-refractivity contribution in [1.29, 1.82) is 0 Å². The first kappa shape index (κ1) is 24.1. The van der Waals surface area contributed by atoms with E-state index in [-0.39, 0.29) is 12.1 Å². The van der Waals surface area contributed by atoms with E-state index in [0.717, 1.165) is 48.7 Å². The van der Waals surface area contributed by atoms with E-state index in [0.29, 0.717) is 26.2 Å². The molecule has 0 radical (unpaired) electrons. The Kier molecular flexibility index (Phi) is 6.72. The van der Waals surface area contributed by atoms with Gasteiger partial charge in [-0.15, -0.1) is 0 Å². The van der Waals surface area contributed by atoms with E-state index >= 15 is 0 Å². The number of aromatic nitrogens is 3. The number of alkyl halides is 3. The maximum Gasteiger partial charge on any atom is 0.401 e. The number of halogens is 3. The number of nitrogens with zero attached hydrogens (tertiary/aromatic N) is 6. The Morgan fingerprint density at radius 1 is 1.00 bits per heavy atom. The minimum absolute atomic E-state index is 0.205. The number of hydrogen-bond acceptors (Lipinski definition) is 5. The van der Waals surface area contributed by atoms with E-state index in [4.69, 9.17) is 9.97 Å². The highest BCUT2D eigenvalue weighted by Crippen LogP contribution is 2.41. The summed E-state index contributed by atoms with van der Waals surface area (Å²) in [5.74, 6) is 0.990. The molecule has 3 aromatic rings. The zero-order valence-corrected chi connectivity index (χ0v) is 20.4. The molecule has 9 heteroatoms. The number of pyridine rings is 2. The summed E-state index contributed by atoms with van der Waals surface area (Å²) in [7, 11) is 0. The van der Waals surface area contributed by atoms with Gasteiger partial charge in [-0.3, -0.25) is 19.2 Å². The molecule has 5 rings (SSSR count). The average molecular weight is 487 g/mol. The van der Waals surface area contributed by atoms with Crippen LogP contribution in [0.15, 0.2) is 42.7 Å². The molecule has 2 aliphatic heterocycles. The number of likely N-dealkylation sites (tertiary alicyclic amines) is 1. The number of imidazole rings is 1. The van der Waals surface area contributed by atoms with Crippen molar-refractivity contribution in [3.05, 3.63) is 59.7 Å². The third kappa shape index (κ3) is 5.02. The Bertz CT molecular complexity index is 1150. The molecule has 0 amide bonds. The van der Waals surface area contributed by atoms with Gasteiger partial charge in [0.1, 0.15) is 11.5 Å². The fraction of sp³-hybridized carbons (Fsp3) is 0.538. The van der Waals surface area contributed by atoms with Crippen molar-refractivity contribution in [1.82, 2.24) is 24.2 Å². The molecule has 3 aromatic heterocycles. The highest BCUT2D eigenvalue weighted by Gasteiger charge is 2.35. The summed E-state index contributed by atoms with van der Waals surface area (Å²) in [6, 6.07) is 10.6. The number of rotatable bonds is 5. The van der Waals surface area contributed by atoms with Crippen LogP contribution in [-0.2, 0) is 0 Å². The van der Waals surface area contributed by atoms with Gasteiger partial charge in [0.05, 0.1) is 30.0 Å². The molecule has 2 aliphatic rings. The van der Waals surface area contributed by atoms with Crippen LogP contribution < -0.4 is 4.90 Å². The first-order valence-corrected chi connectivity index (χ1v) is 12.5. The lowest BCUT2D eigenvalue weighted by atomic mass is 9.90. The molecule has 0 spiro atoms. The van der Waals surface area contributed by atoms with Crippen LogP contribution in [0.25, 0.3) is 5.65 Å². The van der Waals surface area contributed by atoms with Crippen molar-refractivity contribution >= 4 is 11.5 Å². The Balaban J connectivity index is 1.39. The van der Waals surface area contributed by atoms with E-state index in [1.165, 1.54) is 10.5 Å². The van der Waals surface area contributed by atoms with Crippen LogP contribution in [0.3, 0.4) is 0 Å². The SMILES string of the molecule is CCN1[C@@H](c2cn3c(N4CCN(CC(F)(F)F)CC4)cccc3n2)CCC[C@H]1c1ncccc1C. The van der Waals surface area contributed by atoms with Crippen molar-refractivity contribution < 1.29 is 13.2 Å². The van der Waals surface area contributed by atoms with Gasteiger partial charge in [-0.25, -0.2) is 4.98 Å². The predicted octanol–water partition coefficient (Wildman–Crippen LogP) is 5.01. The molecule has 0 N–H and O–H groups in total. The highest BCUT2D eigenvalue weighted by molar-refractivity contribution is 5.53. The summed E-state index contributed by atoms with van der Waals surface area (Å²) in [4.78, 5) is 15.9. The third-order valence-electron chi connectivity index (χ3n) is 7.42. The first-order chi connectivity index (χ1) is 16.8. The lowest BCUT2D eigenvalue weighted by Gasteiger charge is -2.41. The fourth-order valence-electron chi connectivity index (χ4n) is 5.77. The molecule has 0 aromatic carbocycles. The van der Waals surface area contributed by atoms with Gasteiger partial charge in [0, 0.05) is 38.6 Å². The summed E-state index contributed by atoms with van der Waals surface area (Å²) in [6.07, 6.45) is 3.11. The van der Waals surface area contributed by atoms with E-state index in [1.807, 2.05) is 30.5 Å². The zero-order valence-electron chi connectivity index (χ0n) is 20.4. The molecular formula is C26H33F3N6. The molecule has 0 aliphatic carbocycles. The van der Waals surface area contributed by atoms with Gasteiger partial charge < -0.3 is 4.90 Å². The molecule has 6 nitrogen and oxygen atoms in total. The summed E-state index contributed by atoms with van der Waals surface area (Å²) in [5.41, 5.74) is 4.30. The number of piperazine rings is 1. The van der Waals surface area contributed by atoms with Gasteiger partial charge in [-0.2, -0.15) is 13.2 Å². The molecule has 2 saturated heterocycles. The molecule has 0 saturated carbocycles. The van der Waals surface area contributed by atoms with Crippen molar-refractivity contribution in [2.45, 2.75) is 51.4 Å². The molecule has 35 heavy (non-hydrogen) atoms. The number of hydrogen-bond donors (Lipinski definition) is 0. The average Bonchev–Trinajstić information content (AvgIpc) is 3.28. The summed E-state index contributed by atoms with van der Waals surface area (Å²) in [5, 5.41) is 0. The van der Waals surface area contributed by atoms with Crippen molar-refractivity contribution in [2.24, 2.45) is 0 Å². The van der Waals surface area contributed by atoms with Gasteiger partial charge in [0.2, 0.25) is 0 Å². The Morgan fingerprint density at radius 2 is 1.77 bits per heavy atom. The van der Waals surface area contributed by atoms with Gasteiger partial charge >= 0.3 is 6.18 Å². The van der Waals surface area contributed by atoms with Crippen LogP contribution in [0.5, 0.6) is 0 Å². The minimum Gasteiger partial charge on any atom is -0.355 e. The second kappa shape index (κ2) is 9.78. The van der Waals surface area contributed by atoms with Crippen molar-refractivity contribution in [3.8, 4) is 0 Å². The van der Waals surface area contributed by atoms with Crippen molar-refractivity contribution in [3.63, 3.8) is 0 Å². The van der Waals surface area contributed by atoms with Crippen LogP contribution in [0.4, 0.5) is 19.0 Å². The predicted molar refractivity (Wildman–Crippen MR) is 131 cm³/mol. The van der Waals surface area contributed by atoms with E-state index in [9.17, 15) is 13.2 Å². The Hall–Kier alpha value is -2.65. The van der Waals surface area contributed by atoms with Crippen molar-refractivity contribution in [2.75, 3.05) is 44.2 Å². The van der Waals surface area contributed by atoms with E-state index in [2.05, 4.69) is 40.3 Å². The second-order valence-corrected chi connectivity index (χ2v) is 9.65. The molecule has 0 unspecified atom stereocenters. The van der Waals surface area contributed by atoms with Crippen LogP contribution in [0.2, 0.25) is 0 Å². The quantitative estimate of drug-likeness (QED) is 0.507. The Labute approximate surface area is 204 Å². The summed E-state index contributed by atoms with van der Waals surface area (Å²) in [6.45, 7) is 6.32. The zero-order chi connectivity index (χ0) is 24.6. The van der Waals surface area contributed by atoms with Gasteiger partial charge in [0.15, 0.2) is 0 Å². The normalized spacial score (nSPS) is 22.7. The van der Waals surface area contributed by atoms with Gasteiger partial charge in [-0.05, 0) is 56.5 Å². The largest absolute Gasteiger partial charge is 0.401 e. The molecule has 0 bridgehead atoms. The van der Waals surface area contributed by atoms with E-state index in [1.54, 1.807) is 0 Å². The van der Waals surface area contributed by atoms with Crippen LogP contribution in [-0.4, -0.2) is 69.6 Å². The summed E-state index contributed by atoms with van der Waals surface area (Å²) < 4.78 is 40.5. The van der Waals surface area contributed by atoms with Crippen LogP contribution >= 0.6 is 0 Å². The summed E-state index contributed by atoms with van der Waals surface area (Å²) >= 11 is 0. The first-order valence-electron chi connectivity index (χ1n) is 12.5. The Morgan fingerprint density at radius 3 is 2.49 bits per heavy atom. The lowest BCUT2D eigenvalue weighted by molar-refractivity contribution is -0.146. The minimum atomic E-state index is -4.15. The number of fused-ring (bicyclic) bond motifs is 1. The standard InChI is InChI=1S/C26H33F3N6/c1-3-34-21(8-4-9-22(34)25-19(2)7-6-12-30-25)20-17-35-23(31-20)10-5-11-24(35)33-15-13-32(14-16-33)18-26(27,28)29/h5-7,10-12,17,21-22H,3-4,8-9,13-16,18H2,1-2H3/t21-,22+/m1/s1. The molecule has 188 valence electrons. The molecule has 2 fully saturated rings. The second-order valence-electron chi connectivity index (χ2n) is 9.65. The van der Waals surface area contributed by atoms with Gasteiger partial charge in [-0.1, -0.05) is 19.1 Å². The molecule has 2 atom stereocenters. The number of anilines is 1. The van der Waals surface area contributed by atoms with Crippen LogP contribution in [0, 0.1) is 6.92 Å². The highest BCUT2D eigenvalue weighted by atomic mass is 19.4. The van der Waals surface area contributed by atoms with Gasteiger partial charge in [0.25, 0.3) is 0 Å². The fourth-order valence-corrected chi connectivity index (χ4v) is 5.77. The van der Waals surface area contributed by atoms with E-state index < -0.39 is 12.7 Å². The third-order valence-corrected chi connectivity index (χ3v) is 7.42. The maximum absolute atomic E-state index is 12.8. The lowest BCUT2D eigenvalue weighted by Crippen LogP contribution is -2.49. The number of piperidine rings is 1. The smallest absolute Gasteiger partial charge is 0.355 e. The van der Waals surface area contributed by atoms with Crippen LogP contribution in [0.1, 0.15) is 55.2 Å². The monoisotopic (exact) mass is 486 g/mol. The number of aryl methyl sites for hydroxylation is 1. The molecule has 5 heterocycles. The molecular weight excluding hydrogens is 453 g/mol. The topological polar surface area (TPSA) is 39.9 Å².